The molecule has 1 rings (SSSR count). The fourth-order valence-corrected chi connectivity index (χ4v) is 1.17. The minimum absolute atomic E-state index is 0.0793. The van der Waals surface area contributed by atoms with E-state index >= 15 is 0 Å². The third-order valence-corrected chi connectivity index (χ3v) is 1.80. The number of nitrogens with zero attached hydrogens (tertiary/aromatic N) is 3. The van der Waals surface area contributed by atoms with Gasteiger partial charge in [-0.15, -0.1) is 0 Å². The Balaban J connectivity index is 3.12. The summed E-state index contributed by atoms with van der Waals surface area (Å²) in [6.45, 7) is 0. The largest absolute Gasteiger partial charge is 0.393 e. The van der Waals surface area contributed by atoms with Gasteiger partial charge in [-0.05, 0) is 4.92 Å². The number of aryl methyl sites for hydroxylation is 1. The Morgan fingerprint density at radius 3 is 2.91 bits per heavy atom. The van der Waals surface area contributed by atoms with Crippen molar-refractivity contribution in [3.63, 3.8) is 0 Å². The first-order chi connectivity index (χ1) is 5.15. The topological polar surface area (TPSA) is 61.0 Å². The molecule has 1 aromatic heterocycles. The fraction of sp³-hybridized carbons (Fsp3) is 0.400. The van der Waals surface area contributed by atoms with Gasteiger partial charge in [0.05, 0.1) is 23.9 Å². The number of hydrogen-bond donors (Lipinski definition) is 0. The Hall–Kier alpha value is -0.910. The van der Waals surface area contributed by atoms with Gasteiger partial charge in [-0.25, -0.2) is 0 Å². The molecule has 0 fully saturated rings. The lowest BCUT2D eigenvalue weighted by atomic mass is 10.4. The minimum Gasteiger partial charge on any atom is -0.358 e. The van der Waals surface area contributed by atoms with Gasteiger partial charge in [-0.2, -0.15) is 4.68 Å². The smallest absolute Gasteiger partial charge is 0.358 e. The van der Waals surface area contributed by atoms with E-state index in [0.29, 0.717) is 10.9 Å². The molecule has 6 heteroatoms. The zero-order valence-electron chi connectivity index (χ0n) is 5.82. The van der Waals surface area contributed by atoms with Gasteiger partial charge in [0, 0.05) is 5.33 Å². The highest BCUT2D eigenvalue weighted by Gasteiger charge is 2.17. The van der Waals surface area contributed by atoms with Crippen LogP contribution in [-0.4, -0.2) is 14.7 Å². The van der Waals surface area contributed by atoms with E-state index in [2.05, 4.69) is 21.0 Å². The second kappa shape index (κ2) is 3.00. The van der Waals surface area contributed by atoms with Crippen molar-refractivity contribution in [3.8, 4) is 0 Å². The summed E-state index contributed by atoms with van der Waals surface area (Å²) < 4.78 is 1.43. The van der Waals surface area contributed by atoms with E-state index in [1.54, 1.807) is 13.2 Å². The molecule has 0 N–H and O–H groups in total. The van der Waals surface area contributed by atoms with Crippen LogP contribution in [0.15, 0.2) is 6.20 Å². The molecule has 0 amide bonds. The molecule has 60 valence electrons. The average Bonchev–Trinajstić information content (AvgIpc) is 2.30. The second-order valence-corrected chi connectivity index (χ2v) is 2.60. The summed E-state index contributed by atoms with van der Waals surface area (Å²) in [5.74, 6) is -0.0793. The monoisotopic (exact) mass is 219 g/mol. The van der Waals surface area contributed by atoms with Crippen LogP contribution in [0.4, 0.5) is 5.82 Å². The van der Waals surface area contributed by atoms with Crippen LogP contribution >= 0.6 is 15.9 Å². The molecule has 0 saturated heterocycles. The van der Waals surface area contributed by atoms with Crippen LogP contribution in [0.2, 0.25) is 0 Å². The highest BCUT2D eigenvalue weighted by Crippen LogP contribution is 2.17. The zero-order valence-corrected chi connectivity index (χ0v) is 7.41. The van der Waals surface area contributed by atoms with E-state index in [4.69, 9.17) is 0 Å². The molecule has 0 unspecified atom stereocenters. The van der Waals surface area contributed by atoms with Crippen molar-refractivity contribution in [3.05, 3.63) is 21.9 Å². The molecule has 0 aliphatic rings. The summed E-state index contributed by atoms with van der Waals surface area (Å²) in [6.07, 6.45) is 1.62. The standard InChI is InChI=1S/C5H6BrN3O2/c1-8-3-4(2-6)5(7-8)9(10)11/h3H,2H2,1H3. The van der Waals surface area contributed by atoms with Crippen molar-refractivity contribution >= 4 is 21.7 Å². The maximum absolute atomic E-state index is 10.3. The summed E-state index contributed by atoms with van der Waals surface area (Å²) in [4.78, 5) is 9.81. The molecule has 0 aliphatic carbocycles. The van der Waals surface area contributed by atoms with Gasteiger partial charge in [-0.1, -0.05) is 15.9 Å². The first kappa shape index (κ1) is 8.19. The molecule has 0 aliphatic heterocycles. The molecular formula is C5H6BrN3O2. The molecule has 1 aromatic rings. The number of halogens is 1. The third-order valence-electron chi connectivity index (χ3n) is 1.20. The highest BCUT2D eigenvalue weighted by molar-refractivity contribution is 9.08. The molecule has 0 radical (unpaired) electrons. The summed E-state index contributed by atoms with van der Waals surface area (Å²) in [5, 5.41) is 14.4. The predicted octanol–water partition coefficient (Wildman–Crippen LogP) is 1.22. The molecule has 0 atom stereocenters. The van der Waals surface area contributed by atoms with Crippen LogP contribution in [0.25, 0.3) is 0 Å². The first-order valence-corrected chi connectivity index (χ1v) is 4.00. The molecule has 0 aromatic carbocycles. The van der Waals surface area contributed by atoms with E-state index in [0.717, 1.165) is 0 Å². The van der Waals surface area contributed by atoms with Gasteiger partial charge in [0.1, 0.15) is 0 Å². The van der Waals surface area contributed by atoms with E-state index in [9.17, 15) is 10.1 Å². The van der Waals surface area contributed by atoms with Gasteiger partial charge >= 0.3 is 5.82 Å². The zero-order chi connectivity index (χ0) is 8.43. The van der Waals surface area contributed by atoms with Gasteiger partial charge in [0.25, 0.3) is 0 Å². The Morgan fingerprint density at radius 1 is 1.91 bits per heavy atom. The quantitative estimate of drug-likeness (QED) is 0.427. The van der Waals surface area contributed by atoms with E-state index in [1.807, 2.05) is 0 Å². The van der Waals surface area contributed by atoms with E-state index < -0.39 is 4.92 Å². The van der Waals surface area contributed by atoms with E-state index in [-0.39, 0.29) is 5.82 Å². The first-order valence-electron chi connectivity index (χ1n) is 2.88. The molecule has 0 spiro atoms. The number of hydrogen-bond acceptors (Lipinski definition) is 3. The molecule has 0 bridgehead atoms. The Labute approximate surface area is 71.3 Å². The molecule has 0 saturated carbocycles. The van der Waals surface area contributed by atoms with Crippen molar-refractivity contribution < 1.29 is 4.92 Å². The van der Waals surface area contributed by atoms with Crippen molar-refractivity contribution in [1.82, 2.24) is 9.78 Å². The van der Waals surface area contributed by atoms with Crippen LogP contribution in [0, 0.1) is 10.1 Å². The van der Waals surface area contributed by atoms with Crippen LogP contribution in [0.1, 0.15) is 5.56 Å². The average molecular weight is 220 g/mol. The summed E-state index contributed by atoms with van der Waals surface area (Å²) in [6, 6.07) is 0. The SMILES string of the molecule is Cn1cc(CBr)c([N+](=O)[O-])n1. The summed E-state index contributed by atoms with van der Waals surface area (Å²) in [5.41, 5.74) is 0.595. The van der Waals surface area contributed by atoms with Crippen molar-refractivity contribution in [1.29, 1.82) is 0 Å². The minimum atomic E-state index is -0.489. The second-order valence-electron chi connectivity index (χ2n) is 2.04. The van der Waals surface area contributed by atoms with Crippen molar-refractivity contribution in [2.45, 2.75) is 5.33 Å². The van der Waals surface area contributed by atoms with Gasteiger partial charge < -0.3 is 10.1 Å². The fourth-order valence-electron chi connectivity index (χ4n) is 0.774. The molecule has 1 heterocycles. The van der Waals surface area contributed by atoms with Crippen molar-refractivity contribution in [2.75, 3.05) is 0 Å². The molecular weight excluding hydrogens is 214 g/mol. The maximum Gasteiger partial charge on any atom is 0.393 e. The maximum atomic E-state index is 10.3. The van der Waals surface area contributed by atoms with Gasteiger partial charge in [-0.3, -0.25) is 0 Å². The van der Waals surface area contributed by atoms with Crippen LogP contribution in [-0.2, 0) is 12.4 Å². The van der Waals surface area contributed by atoms with Gasteiger partial charge in [0.15, 0.2) is 0 Å². The third kappa shape index (κ3) is 1.56. The lowest BCUT2D eigenvalue weighted by molar-refractivity contribution is -0.390. The number of alkyl halides is 1. The Kier molecular flexibility index (Phi) is 2.23. The molecule has 5 nitrogen and oxygen atoms in total. The van der Waals surface area contributed by atoms with Crippen LogP contribution in [0.3, 0.4) is 0 Å². The van der Waals surface area contributed by atoms with E-state index in [1.165, 1.54) is 4.68 Å². The number of nitro groups is 1. The van der Waals surface area contributed by atoms with Crippen LogP contribution < -0.4 is 0 Å². The number of aromatic nitrogens is 2. The van der Waals surface area contributed by atoms with Crippen molar-refractivity contribution in [2.24, 2.45) is 7.05 Å². The Bertz CT molecular complexity index is 283. The normalized spacial score (nSPS) is 10.0. The summed E-state index contributed by atoms with van der Waals surface area (Å²) in [7, 11) is 1.65. The van der Waals surface area contributed by atoms with Crippen LogP contribution in [0.5, 0.6) is 0 Å². The molecule has 11 heavy (non-hydrogen) atoms. The predicted molar refractivity (Wildman–Crippen MR) is 42.5 cm³/mol. The highest BCUT2D eigenvalue weighted by atomic mass is 79.9. The number of rotatable bonds is 2. The summed E-state index contributed by atoms with van der Waals surface area (Å²) >= 11 is 3.13. The lowest BCUT2D eigenvalue weighted by Gasteiger charge is -1.87. The lowest BCUT2D eigenvalue weighted by Crippen LogP contribution is -1.93. The Morgan fingerprint density at radius 2 is 2.55 bits per heavy atom. The van der Waals surface area contributed by atoms with Gasteiger partial charge in [0.2, 0.25) is 0 Å².